The van der Waals surface area contributed by atoms with Crippen LogP contribution in [0.15, 0.2) is 42.5 Å². The number of halogens is 3. The van der Waals surface area contributed by atoms with E-state index in [9.17, 15) is 18.0 Å². The quantitative estimate of drug-likeness (QED) is 0.635. The van der Waals surface area contributed by atoms with E-state index in [1.807, 2.05) is 0 Å². The molecule has 0 aliphatic carbocycles. The average Bonchev–Trinajstić information content (AvgIpc) is 2.99. The molecular weight excluding hydrogens is 329 g/mol. The van der Waals surface area contributed by atoms with Gasteiger partial charge in [0.2, 0.25) is 0 Å². The molecular formula is C19H17F3N2O. The number of Topliss-reactive ketones (excluding diaryl/α,β-unsaturated/α-hetero) is 1. The third-order valence-corrected chi connectivity index (χ3v) is 3.92. The fourth-order valence-corrected chi connectivity index (χ4v) is 2.65. The molecule has 25 heavy (non-hydrogen) atoms. The van der Waals surface area contributed by atoms with Gasteiger partial charge in [-0.15, -0.1) is 0 Å². The third kappa shape index (κ3) is 3.57. The zero-order chi connectivity index (χ0) is 20.8. The number of aromatic nitrogens is 2. The van der Waals surface area contributed by atoms with Crippen molar-refractivity contribution in [2.75, 3.05) is 0 Å². The first-order valence-electron chi connectivity index (χ1n) is 9.17. The van der Waals surface area contributed by atoms with Crippen molar-refractivity contribution >= 4 is 11.3 Å². The van der Waals surface area contributed by atoms with Gasteiger partial charge < -0.3 is 0 Å². The normalized spacial score (nSPS) is 13.6. The van der Waals surface area contributed by atoms with Crippen molar-refractivity contribution in [3.05, 3.63) is 70.5 Å². The van der Waals surface area contributed by atoms with Crippen LogP contribution < -0.4 is 0 Å². The van der Waals surface area contributed by atoms with Gasteiger partial charge in [-0.3, -0.25) is 4.79 Å². The summed E-state index contributed by atoms with van der Waals surface area (Å²) in [5, 5.41) is 4.13. The van der Waals surface area contributed by atoms with E-state index in [0.29, 0.717) is 11.3 Å². The summed E-state index contributed by atoms with van der Waals surface area (Å²) in [6.07, 6.45) is -4.34. The first-order chi connectivity index (χ1) is 13.0. The number of fused-ring (bicyclic) bond motifs is 1. The van der Waals surface area contributed by atoms with Crippen molar-refractivity contribution in [2.45, 2.75) is 32.9 Å². The molecule has 0 atom stereocenters. The van der Waals surface area contributed by atoms with Gasteiger partial charge in [0.1, 0.15) is 0 Å². The largest absolute Gasteiger partial charge is 0.416 e. The molecule has 0 unspecified atom stereocenters. The van der Waals surface area contributed by atoms with Crippen LogP contribution in [0.4, 0.5) is 13.2 Å². The highest BCUT2D eigenvalue weighted by molar-refractivity contribution is 6.03. The van der Waals surface area contributed by atoms with Gasteiger partial charge in [0, 0.05) is 12.6 Å². The minimum Gasteiger partial charge on any atom is -0.294 e. The van der Waals surface area contributed by atoms with Crippen molar-refractivity contribution in [3.8, 4) is 0 Å². The van der Waals surface area contributed by atoms with Gasteiger partial charge in [-0.2, -0.15) is 18.3 Å². The average molecular weight is 349 g/mol. The summed E-state index contributed by atoms with van der Waals surface area (Å²) < 4.78 is 63.1. The Morgan fingerprint density at radius 3 is 2.56 bits per heavy atom. The number of alkyl halides is 3. The Morgan fingerprint density at radius 2 is 1.92 bits per heavy atom. The van der Waals surface area contributed by atoms with Crippen LogP contribution in [0.3, 0.4) is 0 Å². The van der Waals surface area contributed by atoms with Crippen LogP contribution in [0, 0.1) is 13.8 Å². The SMILES string of the molecule is [2H]c1c(C)c([2H])c2c(C(=O)CCc3ccc(C(F)(F)F)cc3)c(C)nn2c1[2H]. The van der Waals surface area contributed by atoms with Gasteiger partial charge in [0.05, 0.1) is 26.4 Å². The highest BCUT2D eigenvalue weighted by Gasteiger charge is 2.29. The molecule has 0 aliphatic heterocycles. The summed E-state index contributed by atoms with van der Waals surface area (Å²) in [5.74, 6) is -0.308. The Balaban J connectivity index is 1.89. The summed E-state index contributed by atoms with van der Waals surface area (Å²) in [6.45, 7) is 3.14. The van der Waals surface area contributed by atoms with E-state index in [-0.39, 0.29) is 53.5 Å². The summed E-state index contributed by atoms with van der Waals surface area (Å²) in [5.41, 5.74) is 0.887. The van der Waals surface area contributed by atoms with E-state index >= 15 is 0 Å². The Hall–Kier alpha value is -2.63. The van der Waals surface area contributed by atoms with E-state index in [2.05, 4.69) is 5.10 Å². The first kappa shape index (κ1) is 13.6. The lowest BCUT2D eigenvalue weighted by Gasteiger charge is -2.07. The van der Waals surface area contributed by atoms with Crippen molar-refractivity contribution in [2.24, 2.45) is 0 Å². The van der Waals surface area contributed by atoms with Gasteiger partial charge >= 0.3 is 6.18 Å². The van der Waals surface area contributed by atoms with Gasteiger partial charge in [-0.1, -0.05) is 12.1 Å². The van der Waals surface area contributed by atoms with Crippen molar-refractivity contribution < 1.29 is 22.1 Å². The minimum absolute atomic E-state index is 0.0283. The van der Waals surface area contributed by atoms with E-state index in [4.69, 9.17) is 4.11 Å². The number of benzene rings is 1. The van der Waals surface area contributed by atoms with Gasteiger partial charge in [0.25, 0.3) is 0 Å². The number of hydrogen-bond donors (Lipinski definition) is 0. The van der Waals surface area contributed by atoms with Crippen LogP contribution in [0.2, 0.25) is 0 Å². The number of rotatable bonds is 4. The third-order valence-electron chi connectivity index (χ3n) is 3.92. The molecule has 2 aromatic heterocycles. The molecule has 0 aliphatic rings. The zero-order valence-electron chi connectivity index (χ0n) is 16.7. The van der Waals surface area contributed by atoms with Crippen molar-refractivity contribution in [3.63, 3.8) is 0 Å². The topological polar surface area (TPSA) is 34.4 Å². The Kier molecular flexibility index (Phi) is 3.46. The molecule has 1 aromatic carbocycles. The lowest BCUT2D eigenvalue weighted by atomic mass is 10.0. The van der Waals surface area contributed by atoms with Gasteiger partial charge in [-0.25, -0.2) is 4.52 Å². The minimum atomic E-state index is -4.41. The van der Waals surface area contributed by atoms with Crippen molar-refractivity contribution in [1.29, 1.82) is 0 Å². The van der Waals surface area contributed by atoms with E-state index in [1.165, 1.54) is 12.1 Å². The molecule has 0 bridgehead atoms. The van der Waals surface area contributed by atoms with Gasteiger partial charge in [-0.05, 0) is 55.6 Å². The second-order valence-corrected chi connectivity index (χ2v) is 5.83. The maximum Gasteiger partial charge on any atom is 0.416 e. The number of ketones is 1. The van der Waals surface area contributed by atoms with E-state index < -0.39 is 11.7 Å². The highest BCUT2D eigenvalue weighted by Crippen LogP contribution is 2.29. The second kappa shape index (κ2) is 6.35. The monoisotopic (exact) mass is 349 g/mol. The van der Waals surface area contributed by atoms with E-state index in [0.717, 1.165) is 16.6 Å². The van der Waals surface area contributed by atoms with Crippen LogP contribution in [-0.2, 0) is 12.6 Å². The molecule has 0 N–H and O–H groups in total. The highest BCUT2D eigenvalue weighted by atomic mass is 19.4. The standard InChI is InChI=1S/C19H17F3N2O/c1-12-9-10-24-16(11-12)18(13(2)23-24)17(25)8-5-14-3-6-15(7-4-14)19(20,21)22/h3-4,6-7,9-11H,5,8H2,1-2H3/i9D,10D,11D. The molecule has 0 saturated carbocycles. The molecule has 0 spiro atoms. The molecule has 0 fully saturated rings. The van der Waals surface area contributed by atoms with Crippen LogP contribution in [0.1, 0.15) is 43.3 Å². The predicted molar refractivity (Wildman–Crippen MR) is 88.8 cm³/mol. The molecule has 3 rings (SSSR count). The molecule has 3 aromatic rings. The number of carbonyl (C=O) groups excluding carboxylic acids is 1. The molecule has 0 radical (unpaired) electrons. The van der Waals surface area contributed by atoms with Crippen LogP contribution >= 0.6 is 0 Å². The smallest absolute Gasteiger partial charge is 0.294 e. The van der Waals surface area contributed by atoms with Crippen molar-refractivity contribution in [1.82, 2.24) is 9.61 Å². The second-order valence-electron chi connectivity index (χ2n) is 5.83. The summed E-state index contributed by atoms with van der Waals surface area (Å²) in [4.78, 5) is 12.8. The fraction of sp³-hybridized carbons (Fsp3) is 0.263. The summed E-state index contributed by atoms with van der Waals surface area (Å²) in [6, 6.07) is 4.49. The molecule has 0 amide bonds. The number of aryl methyl sites for hydroxylation is 2. The molecule has 0 saturated heterocycles. The first-order valence-corrected chi connectivity index (χ1v) is 7.67. The van der Waals surface area contributed by atoms with Crippen LogP contribution in [0.25, 0.3) is 5.52 Å². The molecule has 3 nitrogen and oxygen atoms in total. The number of carbonyl (C=O) groups is 1. The molecule has 2 heterocycles. The van der Waals surface area contributed by atoms with Crippen LogP contribution in [0.5, 0.6) is 0 Å². The summed E-state index contributed by atoms with van der Waals surface area (Å²) in [7, 11) is 0. The fourth-order valence-electron chi connectivity index (χ4n) is 2.65. The Labute approximate surface area is 147 Å². The zero-order valence-corrected chi connectivity index (χ0v) is 13.7. The van der Waals surface area contributed by atoms with E-state index in [1.54, 1.807) is 13.8 Å². The Morgan fingerprint density at radius 1 is 1.24 bits per heavy atom. The lowest BCUT2D eigenvalue weighted by molar-refractivity contribution is -0.137. The maximum atomic E-state index is 12.8. The Bertz CT molecular complexity index is 1070. The van der Waals surface area contributed by atoms with Crippen LogP contribution in [-0.4, -0.2) is 15.4 Å². The maximum absolute atomic E-state index is 12.8. The number of hydrogen-bond acceptors (Lipinski definition) is 2. The summed E-state index contributed by atoms with van der Waals surface area (Å²) >= 11 is 0. The molecule has 6 heteroatoms. The number of nitrogens with zero attached hydrogens (tertiary/aromatic N) is 2. The lowest BCUT2D eigenvalue weighted by Crippen LogP contribution is -2.05. The number of pyridine rings is 1. The molecule has 130 valence electrons. The van der Waals surface area contributed by atoms with Gasteiger partial charge in [0.15, 0.2) is 5.78 Å². The predicted octanol–water partition coefficient (Wildman–Crippen LogP) is 4.79.